The standard InChI is InChI=1S/C19H15N3O3S2/c1-12(21-22-19-20-15-7-2-3-8-18(15)26-19)16-9-10-17(25-16)13-5-4-6-14(11-13)27(23)24/h2-11H,1H3,(H,20,22)(H,23,24)/p-1/b21-12+. The number of hydrogen-bond donors (Lipinski definition) is 1. The van der Waals surface area contributed by atoms with E-state index in [-0.39, 0.29) is 4.90 Å². The van der Waals surface area contributed by atoms with Crippen molar-refractivity contribution in [2.75, 3.05) is 5.43 Å². The molecule has 0 amide bonds. The molecule has 1 N–H and O–H groups in total. The first-order chi connectivity index (χ1) is 13.1. The van der Waals surface area contributed by atoms with Crippen LogP contribution in [0.5, 0.6) is 0 Å². The van der Waals surface area contributed by atoms with Crippen molar-refractivity contribution in [3.8, 4) is 11.3 Å². The molecule has 0 saturated heterocycles. The van der Waals surface area contributed by atoms with Gasteiger partial charge in [-0.05, 0) is 54.4 Å². The van der Waals surface area contributed by atoms with Crippen LogP contribution in [0.2, 0.25) is 0 Å². The number of para-hydroxylation sites is 1. The molecule has 136 valence electrons. The van der Waals surface area contributed by atoms with Gasteiger partial charge >= 0.3 is 0 Å². The monoisotopic (exact) mass is 396 g/mol. The van der Waals surface area contributed by atoms with Gasteiger partial charge in [-0.15, -0.1) is 0 Å². The molecule has 6 nitrogen and oxygen atoms in total. The van der Waals surface area contributed by atoms with Crippen LogP contribution in [0.3, 0.4) is 0 Å². The number of furan rings is 1. The molecule has 0 aliphatic rings. The Morgan fingerprint density at radius 1 is 1.19 bits per heavy atom. The molecule has 27 heavy (non-hydrogen) atoms. The van der Waals surface area contributed by atoms with Gasteiger partial charge in [0.2, 0.25) is 5.13 Å². The Labute approximate surface area is 161 Å². The average Bonchev–Trinajstić information content (AvgIpc) is 3.33. The predicted octanol–water partition coefficient (Wildman–Crippen LogP) is 4.63. The van der Waals surface area contributed by atoms with Gasteiger partial charge in [-0.1, -0.05) is 35.6 Å². The Morgan fingerprint density at radius 3 is 2.85 bits per heavy atom. The van der Waals surface area contributed by atoms with Gasteiger partial charge in [-0.3, -0.25) is 9.63 Å². The molecule has 0 aliphatic carbocycles. The second-order valence-corrected chi connectivity index (χ2v) is 7.69. The van der Waals surface area contributed by atoms with Crippen LogP contribution < -0.4 is 5.43 Å². The number of benzene rings is 2. The van der Waals surface area contributed by atoms with E-state index in [1.807, 2.05) is 31.2 Å². The molecule has 0 radical (unpaired) electrons. The van der Waals surface area contributed by atoms with Crippen molar-refractivity contribution in [3.05, 3.63) is 66.4 Å². The van der Waals surface area contributed by atoms with Crippen molar-refractivity contribution in [1.29, 1.82) is 0 Å². The molecule has 1 unspecified atom stereocenters. The summed E-state index contributed by atoms with van der Waals surface area (Å²) in [6.07, 6.45) is 0. The fourth-order valence-corrected chi connectivity index (χ4v) is 3.77. The molecule has 1 atom stereocenters. The van der Waals surface area contributed by atoms with Crippen molar-refractivity contribution in [2.24, 2.45) is 5.10 Å². The lowest BCUT2D eigenvalue weighted by Gasteiger charge is -2.06. The molecular weight excluding hydrogens is 382 g/mol. The van der Waals surface area contributed by atoms with E-state index < -0.39 is 11.1 Å². The lowest BCUT2D eigenvalue weighted by atomic mass is 10.2. The Balaban J connectivity index is 1.54. The largest absolute Gasteiger partial charge is 0.768 e. The van der Waals surface area contributed by atoms with Crippen LogP contribution in [-0.2, 0) is 11.1 Å². The molecule has 0 bridgehead atoms. The van der Waals surface area contributed by atoms with E-state index in [1.165, 1.54) is 17.4 Å². The van der Waals surface area contributed by atoms with Gasteiger partial charge in [0.25, 0.3) is 0 Å². The zero-order valence-electron chi connectivity index (χ0n) is 14.2. The number of hydrazone groups is 1. The van der Waals surface area contributed by atoms with Crippen LogP contribution in [0.15, 0.2) is 75.1 Å². The summed E-state index contributed by atoms with van der Waals surface area (Å²) in [5, 5.41) is 5.04. The molecular formula is C19H14N3O3S2-. The molecule has 8 heteroatoms. The summed E-state index contributed by atoms with van der Waals surface area (Å²) in [4.78, 5) is 4.68. The van der Waals surface area contributed by atoms with Gasteiger partial charge in [0.05, 0.1) is 10.2 Å². The zero-order valence-corrected chi connectivity index (χ0v) is 15.8. The SMILES string of the molecule is C/C(=N\Nc1nc2ccccc2s1)c1ccc(-c2cccc(S(=O)[O-])c2)o1. The van der Waals surface area contributed by atoms with E-state index in [0.29, 0.717) is 27.9 Å². The highest BCUT2D eigenvalue weighted by Crippen LogP contribution is 2.26. The summed E-state index contributed by atoms with van der Waals surface area (Å²) in [5.41, 5.74) is 5.23. The normalized spacial score (nSPS) is 13.0. The van der Waals surface area contributed by atoms with Crippen LogP contribution in [0.1, 0.15) is 12.7 Å². The molecule has 0 fully saturated rings. The first-order valence-electron chi connectivity index (χ1n) is 8.06. The number of anilines is 1. The first-order valence-corrected chi connectivity index (χ1v) is 9.95. The molecule has 4 rings (SSSR count). The summed E-state index contributed by atoms with van der Waals surface area (Å²) in [5.74, 6) is 1.17. The van der Waals surface area contributed by atoms with Crippen LogP contribution in [0.25, 0.3) is 21.5 Å². The van der Waals surface area contributed by atoms with E-state index in [2.05, 4.69) is 15.5 Å². The summed E-state index contributed by atoms with van der Waals surface area (Å²) in [6, 6.07) is 18.1. The molecule has 0 aliphatic heterocycles. The minimum absolute atomic E-state index is 0.216. The third kappa shape index (κ3) is 3.82. The maximum Gasteiger partial charge on any atom is 0.204 e. The van der Waals surface area contributed by atoms with Crippen LogP contribution in [-0.4, -0.2) is 19.5 Å². The van der Waals surface area contributed by atoms with Gasteiger partial charge in [0, 0.05) is 10.5 Å². The van der Waals surface area contributed by atoms with Crippen LogP contribution >= 0.6 is 11.3 Å². The zero-order chi connectivity index (χ0) is 18.8. The lowest BCUT2D eigenvalue weighted by Crippen LogP contribution is -1.97. The number of hydrogen-bond acceptors (Lipinski definition) is 7. The Morgan fingerprint density at radius 2 is 2.04 bits per heavy atom. The van der Waals surface area contributed by atoms with Gasteiger partial charge in [0.15, 0.2) is 5.76 Å². The molecule has 2 aromatic heterocycles. The molecule has 4 aromatic rings. The fraction of sp³-hybridized carbons (Fsp3) is 0.0526. The van der Waals surface area contributed by atoms with E-state index in [0.717, 1.165) is 10.2 Å². The molecule has 2 heterocycles. The summed E-state index contributed by atoms with van der Waals surface area (Å²) in [6.45, 7) is 1.83. The van der Waals surface area contributed by atoms with Crippen molar-refractivity contribution in [3.63, 3.8) is 0 Å². The summed E-state index contributed by atoms with van der Waals surface area (Å²) >= 11 is -0.755. The quantitative estimate of drug-likeness (QED) is 0.302. The van der Waals surface area contributed by atoms with Gasteiger partial charge < -0.3 is 8.97 Å². The Bertz CT molecular complexity index is 1130. The third-order valence-corrected chi connectivity index (χ3v) is 5.47. The Kier molecular flexibility index (Phi) is 4.85. The maximum atomic E-state index is 11.1. The van der Waals surface area contributed by atoms with E-state index >= 15 is 0 Å². The topological polar surface area (TPSA) is 90.5 Å². The minimum Gasteiger partial charge on any atom is -0.768 e. The minimum atomic E-state index is -2.28. The van der Waals surface area contributed by atoms with Crippen LogP contribution in [0, 0.1) is 0 Å². The molecule has 0 spiro atoms. The van der Waals surface area contributed by atoms with E-state index in [1.54, 1.807) is 30.3 Å². The fourth-order valence-electron chi connectivity index (χ4n) is 2.55. The van der Waals surface area contributed by atoms with Gasteiger partial charge in [-0.2, -0.15) is 5.10 Å². The van der Waals surface area contributed by atoms with E-state index in [4.69, 9.17) is 4.42 Å². The predicted molar refractivity (Wildman–Crippen MR) is 107 cm³/mol. The van der Waals surface area contributed by atoms with Crippen molar-refractivity contribution in [2.45, 2.75) is 11.8 Å². The van der Waals surface area contributed by atoms with Crippen molar-refractivity contribution >= 4 is 43.5 Å². The average molecular weight is 396 g/mol. The summed E-state index contributed by atoms with van der Waals surface area (Å²) in [7, 11) is 0. The van der Waals surface area contributed by atoms with Crippen LogP contribution in [0.4, 0.5) is 5.13 Å². The first kappa shape index (κ1) is 17.6. The third-order valence-electron chi connectivity index (χ3n) is 3.89. The van der Waals surface area contributed by atoms with Gasteiger partial charge in [0.1, 0.15) is 11.5 Å². The van der Waals surface area contributed by atoms with Crippen molar-refractivity contribution < 1.29 is 13.2 Å². The smallest absolute Gasteiger partial charge is 0.204 e. The number of nitrogens with zero attached hydrogens (tertiary/aromatic N) is 2. The number of thiazole rings is 1. The second-order valence-electron chi connectivity index (χ2n) is 5.72. The molecule has 0 saturated carbocycles. The number of aromatic nitrogens is 1. The lowest BCUT2D eigenvalue weighted by molar-refractivity contribution is 0.537. The van der Waals surface area contributed by atoms with Gasteiger partial charge in [-0.25, -0.2) is 4.98 Å². The second kappa shape index (κ2) is 7.43. The number of fused-ring (bicyclic) bond motifs is 1. The summed E-state index contributed by atoms with van der Waals surface area (Å²) < 4.78 is 29.2. The highest BCUT2D eigenvalue weighted by molar-refractivity contribution is 7.79. The van der Waals surface area contributed by atoms with Crippen molar-refractivity contribution in [1.82, 2.24) is 4.98 Å². The highest BCUT2D eigenvalue weighted by Gasteiger charge is 2.09. The van der Waals surface area contributed by atoms with E-state index in [9.17, 15) is 8.76 Å². The maximum absolute atomic E-state index is 11.1. The number of nitrogens with one attached hydrogen (secondary N) is 1. The highest BCUT2D eigenvalue weighted by atomic mass is 32.2. The number of rotatable bonds is 5. The Hall–Kier alpha value is -2.81. The molecule has 2 aromatic carbocycles.